The third kappa shape index (κ3) is 6.32. The van der Waals surface area contributed by atoms with E-state index in [1.807, 2.05) is 30.5 Å². The molecule has 1 saturated heterocycles. The lowest BCUT2D eigenvalue weighted by atomic mass is 9.81. The first-order valence-electron chi connectivity index (χ1n) is 14.1. The molecule has 0 saturated carbocycles. The van der Waals surface area contributed by atoms with Crippen molar-refractivity contribution in [3.63, 3.8) is 0 Å². The molecule has 6 nitrogen and oxygen atoms in total. The molecule has 5 rings (SSSR count). The Bertz CT molecular complexity index is 1350. The van der Waals surface area contributed by atoms with Gasteiger partial charge in [-0.1, -0.05) is 51.1 Å². The molecule has 2 radical (unpaired) electrons. The number of benzene rings is 2. The number of rotatable bonds is 8. The van der Waals surface area contributed by atoms with Crippen molar-refractivity contribution in [3.05, 3.63) is 88.7 Å². The topological polar surface area (TPSA) is 60.9 Å². The van der Waals surface area contributed by atoms with Crippen LogP contribution in [-0.2, 0) is 27.8 Å². The van der Waals surface area contributed by atoms with Crippen LogP contribution in [0.5, 0.6) is 11.5 Å². The van der Waals surface area contributed by atoms with E-state index in [2.05, 4.69) is 74.8 Å². The number of ketones is 1. The molecule has 3 aromatic rings. The number of piperidine rings is 1. The summed E-state index contributed by atoms with van der Waals surface area (Å²) in [7, 11) is 2.05. The number of hydrogen-bond acceptors (Lipinski definition) is 6. The summed E-state index contributed by atoms with van der Waals surface area (Å²) in [5.74, 6) is 1.45. The van der Waals surface area contributed by atoms with E-state index in [1.165, 1.54) is 11.1 Å². The lowest BCUT2D eigenvalue weighted by Gasteiger charge is -2.43. The molecule has 40 heavy (non-hydrogen) atoms. The minimum Gasteiger partial charge on any atom is -0.493 e. The maximum atomic E-state index is 13.6. The summed E-state index contributed by atoms with van der Waals surface area (Å²) in [6.07, 6.45) is 3.19. The molecule has 0 amide bonds. The van der Waals surface area contributed by atoms with Crippen molar-refractivity contribution >= 4 is 15.5 Å². The van der Waals surface area contributed by atoms with Crippen LogP contribution in [0.3, 0.4) is 0 Å². The molecule has 1 fully saturated rings. The van der Waals surface area contributed by atoms with Crippen LogP contribution in [0.2, 0.25) is 5.04 Å². The number of carbonyl (C=O) groups is 1. The minimum absolute atomic E-state index is 0.0421. The number of carbonyl (C=O) groups excluding carboxylic acids is 1. The summed E-state index contributed by atoms with van der Waals surface area (Å²) < 4.78 is 18.2. The second-order valence-corrected chi connectivity index (χ2v) is 14.3. The Morgan fingerprint density at radius 3 is 2.52 bits per heavy atom. The van der Waals surface area contributed by atoms with E-state index in [1.54, 1.807) is 7.11 Å². The number of methoxy groups -OCH3 is 1. The van der Waals surface area contributed by atoms with Gasteiger partial charge in [0.1, 0.15) is 12.4 Å². The van der Waals surface area contributed by atoms with E-state index in [9.17, 15) is 4.79 Å². The van der Waals surface area contributed by atoms with Crippen LogP contribution in [0.25, 0.3) is 0 Å². The maximum absolute atomic E-state index is 13.6. The van der Waals surface area contributed by atoms with Gasteiger partial charge in [-0.2, -0.15) is 0 Å². The summed E-state index contributed by atoms with van der Waals surface area (Å²) in [5.41, 5.74) is 4.95. The Labute approximate surface area is 241 Å². The van der Waals surface area contributed by atoms with E-state index < -0.39 is 5.60 Å². The number of fused-ring (bicyclic) bond motifs is 3. The standard InChI is InChI=1S/C33H40N2O4Si/c1-32(2,3)40-39-33(4,5)24-12-14-34-27(17-24)26-20-35-15-13-23-16-31(38-21-22-10-8-7-9-11-22)30(37-6)18-25(23)28(35)19-29(26)36/h7-12,14,16-18,26,28H,13,15,19-21H2,1-6H3/t26-,28+/m0/s1. The van der Waals surface area contributed by atoms with E-state index in [-0.39, 0.29) is 22.8 Å². The number of Topliss-reactive ketones (excluding diaryl/α,β-unsaturated/α-hetero) is 1. The second-order valence-electron chi connectivity index (χ2n) is 12.4. The average molecular weight is 557 g/mol. The Hall–Kier alpha value is -3.00. The van der Waals surface area contributed by atoms with E-state index in [4.69, 9.17) is 13.9 Å². The summed E-state index contributed by atoms with van der Waals surface area (Å²) in [4.78, 5) is 20.7. The van der Waals surface area contributed by atoms with Crippen LogP contribution in [0.15, 0.2) is 60.8 Å². The fourth-order valence-corrected chi connectivity index (χ4v) is 6.19. The molecular formula is C33H40N2O4Si. The van der Waals surface area contributed by atoms with E-state index in [0.717, 1.165) is 35.5 Å². The lowest BCUT2D eigenvalue weighted by Crippen LogP contribution is -2.45. The predicted molar refractivity (Wildman–Crippen MR) is 158 cm³/mol. The normalized spacial score (nSPS) is 19.6. The molecule has 7 heteroatoms. The summed E-state index contributed by atoms with van der Waals surface area (Å²) in [5, 5.41) is 0.101. The van der Waals surface area contributed by atoms with Crippen LogP contribution in [-0.4, -0.2) is 45.6 Å². The highest BCUT2D eigenvalue weighted by atomic mass is 28.2. The van der Waals surface area contributed by atoms with Gasteiger partial charge < -0.3 is 13.9 Å². The molecule has 0 spiro atoms. The molecule has 2 atom stereocenters. The van der Waals surface area contributed by atoms with Gasteiger partial charge >= 0.3 is 0 Å². The van der Waals surface area contributed by atoms with Crippen molar-refractivity contribution in [2.24, 2.45) is 0 Å². The summed E-state index contributed by atoms with van der Waals surface area (Å²) in [6, 6.07) is 18.4. The van der Waals surface area contributed by atoms with Crippen LogP contribution in [0.1, 0.15) is 80.9 Å². The van der Waals surface area contributed by atoms with Crippen molar-refractivity contribution in [1.29, 1.82) is 0 Å². The molecule has 3 heterocycles. The van der Waals surface area contributed by atoms with Crippen molar-refractivity contribution in [2.45, 2.75) is 76.7 Å². The number of hydrogen-bond donors (Lipinski definition) is 0. The Morgan fingerprint density at radius 2 is 1.80 bits per heavy atom. The van der Waals surface area contributed by atoms with Crippen molar-refractivity contribution < 1.29 is 18.7 Å². The molecular weight excluding hydrogens is 516 g/mol. The minimum atomic E-state index is -0.454. The first-order chi connectivity index (χ1) is 19.0. The van der Waals surface area contributed by atoms with Crippen LogP contribution < -0.4 is 9.47 Å². The van der Waals surface area contributed by atoms with Crippen LogP contribution in [0.4, 0.5) is 0 Å². The molecule has 0 N–H and O–H groups in total. The quantitative estimate of drug-likeness (QED) is 0.299. The van der Waals surface area contributed by atoms with Gasteiger partial charge in [-0.25, -0.2) is 0 Å². The molecule has 0 aliphatic carbocycles. The third-order valence-corrected chi connectivity index (χ3v) is 9.00. The summed E-state index contributed by atoms with van der Waals surface area (Å²) in [6.45, 7) is 12.8. The predicted octanol–water partition coefficient (Wildman–Crippen LogP) is 6.41. The third-order valence-electron chi connectivity index (χ3n) is 7.78. The average Bonchev–Trinajstić information content (AvgIpc) is 2.94. The number of ether oxygens (including phenoxy) is 2. The van der Waals surface area contributed by atoms with Crippen LogP contribution in [0, 0.1) is 0 Å². The largest absolute Gasteiger partial charge is 0.493 e. The summed E-state index contributed by atoms with van der Waals surface area (Å²) >= 11 is 0. The zero-order chi connectivity index (χ0) is 28.5. The van der Waals surface area contributed by atoms with Gasteiger partial charge in [0.15, 0.2) is 11.5 Å². The molecule has 2 aliphatic heterocycles. The maximum Gasteiger partial charge on any atom is 0.236 e. The second kappa shape index (κ2) is 11.5. The number of pyridine rings is 1. The zero-order valence-corrected chi connectivity index (χ0v) is 25.5. The molecule has 0 bridgehead atoms. The molecule has 2 aromatic carbocycles. The highest BCUT2D eigenvalue weighted by molar-refractivity contribution is 6.31. The van der Waals surface area contributed by atoms with E-state index in [0.29, 0.717) is 35.1 Å². The first kappa shape index (κ1) is 28.5. The Balaban J connectivity index is 1.33. The lowest BCUT2D eigenvalue weighted by molar-refractivity contribution is -0.125. The van der Waals surface area contributed by atoms with Gasteiger partial charge in [-0.15, -0.1) is 0 Å². The molecule has 210 valence electrons. The van der Waals surface area contributed by atoms with Gasteiger partial charge in [0.05, 0.1) is 24.3 Å². The fraction of sp³-hybridized carbons (Fsp3) is 0.455. The number of aromatic nitrogens is 1. The smallest absolute Gasteiger partial charge is 0.236 e. The van der Waals surface area contributed by atoms with Crippen molar-refractivity contribution in [1.82, 2.24) is 9.88 Å². The molecule has 2 aliphatic rings. The fourth-order valence-electron chi connectivity index (χ4n) is 5.51. The van der Waals surface area contributed by atoms with Crippen LogP contribution >= 0.6 is 0 Å². The molecule has 0 unspecified atom stereocenters. The monoisotopic (exact) mass is 556 g/mol. The SMILES string of the molecule is COc1cc2c(cc1OCc1ccccc1)CCN1C[C@@H](c3cc(C(C)(C)O[Si]C(C)(C)C)ccn3)C(=O)C[C@H]21. The highest BCUT2D eigenvalue weighted by Gasteiger charge is 2.40. The van der Waals surface area contributed by atoms with Gasteiger partial charge in [-0.3, -0.25) is 14.7 Å². The van der Waals surface area contributed by atoms with Gasteiger partial charge in [0.25, 0.3) is 0 Å². The van der Waals surface area contributed by atoms with Crippen molar-refractivity contribution in [2.75, 3.05) is 20.2 Å². The van der Waals surface area contributed by atoms with Crippen molar-refractivity contribution in [3.8, 4) is 11.5 Å². The first-order valence-corrected chi connectivity index (χ1v) is 15.0. The highest BCUT2D eigenvalue weighted by Crippen LogP contribution is 2.43. The number of nitrogens with zero attached hydrogens (tertiary/aromatic N) is 2. The van der Waals surface area contributed by atoms with Gasteiger partial charge in [0.2, 0.25) is 9.76 Å². The van der Waals surface area contributed by atoms with E-state index >= 15 is 0 Å². The Kier molecular flexibility index (Phi) is 8.18. The Morgan fingerprint density at radius 1 is 1.02 bits per heavy atom. The van der Waals surface area contributed by atoms with Gasteiger partial charge in [-0.05, 0) is 71.8 Å². The molecule has 1 aromatic heterocycles. The zero-order valence-electron chi connectivity index (χ0n) is 24.5. The van der Waals surface area contributed by atoms with Gasteiger partial charge in [0, 0.05) is 31.7 Å².